The third-order valence-electron chi connectivity index (χ3n) is 4.35. The summed E-state index contributed by atoms with van der Waals surface area (Å²) in [5.41, 5.74) is 1.03. The number of hydrogen-bond acceptors (Lipinski definition) is 3. The summed E-state index contributed by atoms with van der Waals surface area (Å²) in [5.74, 6) is -0.178. The SMILES string of the molecule is CC(O)CC1CCN(C(C)c2ccc(Cl)cc2)C(=O)O1.Fc1ccccc1. The van der Waals surface area contributed by atoms with Crippen LogP contribution in [0.15, 0.2) is 54.6 Å². The van der Waals surface area contributed by atoms with E-state index in [-0.39, 0.29) is 24.1 Å². The minimum atomic E-state index is -0.451. The molecule has 0 bridgehead atoms. The summed E-state index contributed by atoms with van der Waals surface area (Å²) in [4.78, 5) is 13.8. The van der Waals surface area contributed by atoms with Crippen LogP contribution in [0.3, 0.4) is 0 Å². The second-order valence-corrected chi connectivity index (χ2v) is 7.03. The van der Waals surface area contributed by atoms with Crippen LogP contribution in [0, 0.1) is 5.82 Å². The average molecular weight is 394 g/mol. The molecule has 2 aromatic carbocycles. The summed E-state index contributed by atoms with van der Waals surface area (Å²) < 4.78 is 17.3. The number of halogens is 2. The summed E-state index contributed by atoms with van der Waals surface area (Å²) >= 11 is 5.87. The summed E-state index contributed by atoms with van der Waals surface area (Å²) in [7, 11) is 0. The minimum Gasteiger partial charge on any atom is -0.446 e. The van der Waals surface area contributed by atoms with Crippen LogP contribution in [-0.2, 0) is 4.74 Å². The number of aliphatic hydroxyl groups is 1. The fraction of sp³-hybridized carbons (Fsp3) is 0.381. The van der Waals surface area contributed by atoms with Gasteiger partial charge in [-0.3, -0.25) is 0 Å². The standard InChI is InChI=1S/C15H20ClNO3.C6H5F/c1-10(18)9-14-7-8-17(15(19)20-14)11(2)12-3-5-13(16)6-4-12;7-6-4-2-1-3-5-6/h3-6,10-11,14,18H,7-9H2,1-2H3;1-5H. The third kappa shape index (κ3) is 6.85. The van der Waals surface area contributed by atoms with Crippen molar-refractivity contribution >= 4 is 17.7 Å². The van der Waals surface area contributed by atoms with Gasteiger partial charge in [0, 0.05) is 24.4 Å². The summed E-state index contributed by atoms with van der Waals surface area (Å²) in [6.07, 6.45) is 0.289. The largest absolute Gasteiger partial charge is 0.446 e. The zero-order valence-electron chi connectivity index (χ0n) is 15.5. The Hall–Kier alpha value is -2.11. The molecule has 1 N–H and O–H groups in total. The van der Waals surface area contributed by atoms with E-state index in [9.17, 15) is 14.3 Å². The number of nitrogens with zero attached hydrogens (tertiary/aromatic N) is 1. The molecule has 1 saturated heterocycles. The van der Waals surface area contributed by atoms with Gasteiger partial charge in [0.25, 0.3) is 0 Å². The number of ether oxygens (including phenoxy) is 1. The molecule has 4 nitrogen and oxygen atoms in total. The number of benzene rings is 2. The third-order valence-corrected chi connectivity index (χ3v) is 4.60. The lowest BCUT2D eigenvalue weighted by Gasteiger charge is -2.36. The van der Waals surface area contributed by atoms with Crippen LogP contribution in [0.5, 0.6) is 0 Å². The Morgan fingerprint density at radius 2 is 1.81 bits per heavy atom. The van der Waals surface area contributed by atoms with Gasteiger partial charge >= 0.3 is 6.09 Å². The minimum absolute atomic E-state index is 0.0488. The van der Waals surface area contributed by atoms with Crippen molar-refractivity contribution in [2.45, 2.75) is 44.9 Å². The number of rotatable bonds is 4. The molecule has 0 saturated carbocycles. The Kier molecular flexibility index (Phi) is 8.07. The van der Waals surface area contributed by atoms with E-state index in [0.29, 0.717) is 18.0 Å². The monoisotopic (exact) mass is 393 g/mol. The Morgan fingerprint density at radius 1 is 1.19 bits per heavy atom. The van der Waals surface area contributed by atoms with Crippen LogP contribution in [0.1, 0.15) is 38.3 Å². The van der Waals surface area contributed by atoms with Crippen molar-refractivity contribution in [3.05, 3.63) is 71.0 Å². The highest BCUT2D eigenvalue weighted by Gasteiger charge is 2.31. The molecule has 0 radical (unpaired) electrons. The molecule has 0 aromatic heterocycles. The van der Waals surface area contributed by atoms with E-state index in [1.807, 2.05) is 31.2 Å². The van der Waals surface area contributed by atoms with Gasteiger partial charge in [-0.05, 0) is 43.7 Å². The second-order valence-electron chi connectivity index (χ2n) is 6.60. The van der Waals surface area contributed by atoms with Gasteiger partial charge in [0.2, 0.25) is 0 Å². The van der Waals surface area contributed by atoms with Crippen molar-refractivity contribution < 1.29 is 19.0 Å². The van der Waals surface area contributed by atoms with E-state index in [4.69, 9.17) is 16.3 Å². The number of amides is 1. The molecule has 1 amide bonds. The molecule has 1 aliphatic rings. The summed E-state index contributed by atoms with van der Waals surface area (Å²) in [6, 6.07) is 15.4. The average Bonchev–Trinajstić information content (AvgIpc) is 2.63. The Labute approximate surface area is 164 Å². The predicted octanol–water partition coefficient (Wildman–Crippen LogP) is 5.21. The molecule has 146 valence electrons. The maximum atomic E-state index is 12.1. The zero-order chi connectivity index (χ0) is 19.8. The topological polar surface area (TPSA) is 49.8 Å². The number of carbonyl (C=O) groups is 1. The number of cyclic esters (lactones) is 1. The van der Waals surface area contributed by atoms with E-state index < -0.39 is 6.10 Å². The van der Waals surface area contributed by atoms with Crippen LogP contribution >= 0.6 is 11.6 Å². The zero-order valence-corrected chi connectivity index (χ0v) is 16.3. The highest BCUT2D eigenvalue weighted by molar-refractivity contribution is 6.30. The molecule has 3 unspecified atom stereocenters. The van der Waals surface area contributed by atoms with Gasteiger partial charge in [-0.2, -0.15) is 0 Å². The van der Waals surface area contributed by atoms with Crippen molar-refractivity contribution in [3.8, 4) is 0 Å². The quantitative estimate of drug-likeness (QED) is 0.775. The predicted molar refractivity (Wildman–Crippen MR) is 104 cm³/mol. The lowest BCUT2D eigenvalue weighted by molar-refractivity contribution is -0.00588. The van der Waals surface area contributed by atoms with Gasteiger partial charge < -0.3 is 14.7 Å². The van der Waals surface area contributed by atoms with Gasteiger partial charge in [-0.15, -0.1) is 0 Å². The highest BCUT2D eigenvalue weighted by atomic mass is 35.5. The first kappa shape index (κ1) is 21.2. The second kappa shape index (κ2) is 10.3. The summed E-state index contributed by atoms with van der Waals surface area (Å²) in [6.45, 7) is 4.32. The lowest BCUT2D eigenvalue weighted by Crippen LogP contribution is -2.43. The van der Waals surface area contributed by atoms with Crippen molar-refractivity contribution in [2.24, 2.45) is 0 Å². The summed E-state index contributed by atoms with van der Waals surface area (Å²) in [5, 5.41) is 10.0. The molecule has 3 rings (SSSR count). The van der Waals surface area contributed by atoms with Crippen molar-refractivity contribution in [2.75, 3.05) is 6.54 Å². The maximum Gasteiger partial charge on any atom is 0.410 e. The molecule has 6 heteroatoms. The molecule has 0 aliphatic carbocycles. The first-order valence-corrected chi connectivity index (χ1v) is 9.36. The van der Waals surface area contributed by atoms with Gasteiger partial charge in [-0.25, -0.2) is 9.18 Å². The van der Waals surface area contributed by atoms with Crippen LogP contribution < -0.4 is 0 Å². The van der Waals surface area contributed by atoms with Gasteiger partial charge in [0.05, 0.1) is 12.1 Å². The molecule has 27 heavy (non-hydrogen) atoms. The number of carbonyl (C=O) groups excluding carboxylic acids is 1. The van der Waals surface area contributed by atoms with Crippen LogP contribution in [0.2, 0.25) is 5.02 Å². The van der Waals surface area contributed by atoms with E-state index in [1.54, 1.807) is 30.0 Å². The van der Waals surface area contributed by atoms with E-state index in [0.717, 1.165) is 12.0 Å². The molecular weight excluding hydrogens is 369 g/mol. The molecule has 1 heterocycles. The molecule has 0 spiro atoms. The Bertz CT molecular complexity index is 709. The van der Waals surface area contributed by atoms with Crippen LogP contribution in [-0.4, -0.2) is 34.9 Å². The molecule has 3 atom stereocenters. The van der Waals surface area contributed by atoms with Crippen molar-refractivity contribution in [1.29, 1.82) is 0 Å². The van der Waals surface area contributed by atoms with Crippen LogP contribution in [0.25, 0.3) is 0 Å². The lowest BCUT2D eigenvalue weighted by atomic mass is 10.0. The molecule has 1 aliphatic heterocycles. The molecule has 1 fully saturated rings. The van der Waals surface area contributed by atoms with E-state index >= 15 is 0 Å². The number of hydrogen-bond donors (Lipinski definition) is 1. The van der Waals surface area contributed by atoms with Crippen LogP contribution in [0.4, 0.5) is 9.18 Å². The fourth-order valence-corrected chi connectivity index (χ4v) is 3.00. The molecular formula is C21H25ClFNO3. The van der Waals surface area contributed by atoms with Gasteiger partial charge in [0.15, 0.2) is 0 Å². The van der Waals surface area contributed by atoms with E-state index in [2.05, 4.69) is 0 Å². The van der Waals surface area contributed by atoms with Crippen molar-refractivity contribution in [1.82, 2.24) is 4.90 Å². The first-order chi connectivity index (χ1) is 12.9. The Morgan fingerprint density at radius 3 is 2.30 bits per heavy atom. The first-order valence-electron chi connectivity index (χ1n) is 8.98. The fourth-order valence-electron chi connectivity index (χ4n) is 2.88. The van der Waals surface area contributed by atoms with Gasteiger partial charge in [0.1, 0.15) is 11.9 Å². The smallest absolute Gasteiger partial charge is 0.410 e. The normalized spacial score (nSPS) is 18.8. The highest BCUT2D eigenvalue weighted by Crippen LogP contribution is 2.27. The van der Waals surface area contributed by atoms with E-state index in [1.165, 1.54) is 12.1 Å². The van der Waals surface area contributed by atoms with Crippen molar-refractivity contribution in [3.63, 3.8) is 0 Å². The molecule has 2 aromatic rings. The number of aliphatic hydroxyl groups excluding tert-OH is 1. The van der Waals surface area contributed by atoms with Gasteiger partial charge in [-0.1, -0.05) is 41.9 Å². The Balaban J connectivity index is 0.000000313. The maximum absolute atomic E-state index is 12.1.